The van der Waals surface area contributed by atoms with Crippen LogP contribution in [0.4, 0.5) is 18.9 Å². The summed E-state index contributed by atoms with van der Waals surface area (Å²) >= 11 is 0. The highest BCUT2D eigenvalue weighted by Gasteiger charge is 2.37. The van der Waals surface area contributed by atoms with Crippen LogP contribution in [0.15, 0.2) is 59.5 Å². The number of rotatable bonds is 10. The van der Waals surface area contributed by atoms with Gasteiger partial charge in [-0.1, -0.05) is 30.3 Å². The van der Waals surface area contributed by atoms with E-state index in [0.29, 0.717) is 25.6 Å². The van der Waals surface area contributed by atoms with Gasteiger partial charge in [-0.15, -0.1) is 0 Å². The van der Waals surface area contributed by atoms with Crippen molar-refractivity contribution in [2.24, 2.45) is 0 Å². The number of anilines is 1. The smallest absolute Gasteiger partial charge is 0.372 e. The minimum atomic E-state index is -4.83. The summed E-state index contributed by atoms with van der Waals surface area (Å²) in [4.78, 5) is 13.5. The van der Waals surface area contributed by atoms with Crippen molar-refractivity contribution in [2.75, 3.05) is 24.5 Å². The van der Waals surface area contributed by atoms with Crippen molar-refractivity contribution in [3.8, 4) is 0 Å². The topological polar surface area (TPSA) is 78.5 Å². The molecule has 1 unspecified atom stereocenters. The molecule has 0 bridgehead atoms. The molecule has 31 heavy (non-hydrogen) atoms. The van der Waals surface area contributed by atoms with Gasteiger partial charge in [-0.25, -0.2) is 8.42 Å². The third-order valence-corrected chi connectivity index (χ3v) is 6.21. The Labute approximate surface area is 180 Å². The van der Waals surface area contributed by atoms with Gasteiger partial charge in [0.15, 0.2) is 0 Å². The zero-order chi connectivity index (χ0) is 23.1. The summed E-state index contributed by atoms with van der Waals surface area (Å²) < 4.78 is 66.3. The molecular formula is C21H26F3N3O3S. The first-order valence-electron chi connectivity index (χ1n) is 9.82. The first-order valence-corrected chi connectivity index (χ1v) is 11.3. The summed E-state index contributed by atoms with van der Waals surface area (Å²) in [6.07, 6.45) is -4.22. The van der Waals surface area contributed by atoms with Gasteiger partial charge >= 0.3 is 6.18 Å². The molecule has 1 atom stereocenters. The van der Waals surface area contributed by atoms with Crippen LogP contribution in [0, 0.1) is 0 Å². The highest BCUT2D eigenvalue weighted by atomic mass is 32.2. The molecule has 0 aromatic heterocycles. The van der Waals surface area contributed by atoms with E-state index in [-0.39, 0.29) is 0 Å². The van der Waals surface area contributed by atoms with Crippen LogP contribution in [0.2, 0.25) is 0 Å². The molecule has 6 nitrogen and oxygen atoms in total. The zero-order valence-corrected chi connectivity index (χ0v) is 18.1. The standard InChI is InChI=1S/C21H26F3N3O3S/c1-3-27(17-10-5-4-6-11-17)15-9-14-25-20(28)16(2)26-31(29,30)19-13-8-7-12-18(19)21(22,23)24/h4-8,10-13,16,26H,3,9,14-15H2,1-2H3,(H,25,28). The van der Waals surface area contributed by atoms with Crippen LogP contribution < -0.4 is 14.9 Å². The number of benzene rings is 2. The molecule has 0 aliphatic rings. The van der Waals surface area contributed by atoms with Gasteiger partial charge in [0.2, 0.25) is 15.9 Å². The number of carbonyl (C=O) groups excluding carboxylic acids is 1. The van der Waals surface area contributed by atoms with Crippen molar-refractivity contribution in [1.82, 2.24) is 10.0 Å². The van der Waals surface area contributed by atoms with Crippen molar-refractivity contribution in [3.05, 3.63) is 60.2 Å². The number of halogens is 3. The normalized spacial score (nSPS) is 12.9. The van der Waals surface area contributed by atoms with Crippen molar-refractivity contribution < 1.29 is 26.4 Å². The van der Waals surface area contributed by atoms with Gasteiger partial charge in [0, 0.05) is 25.3 Å². The van der Waals surface area contributed by atoms with Crippen LogP contribution >= 0.6 is 0 Å². The minimum Gasteiger partial charge on any atom is -0.372 e. The Bertz CT molecular complexity index is 967. The maximum atomic E-state index is 13.1. The Kier molecular flexibility index (Phi) is 8.46. The van der Waals surface area contributed by atoms with Crippen molar-refractivity contribution >= 4 is 21.6 Å². The molecule has 10 heteroatoms. The zero-order valence-electron chi connectivity index (χ0n) is 17.3. The average molecular weight is 458 g/mol. The van der Waals surface area contributed by atoms with Crippen LogP contribution in [0.25, 0.3) is 0 Å². The van der Waals surface area contributed by atoms with Gasteiger partial charge in [0.05, 0.1) is 16.5 Å². The molecule has 170 valence electrons. The highest BCUT2D eigenvalue weighted by Crippen LogP contribution is 2.33. The molecule has 2 aromatic carbocycles. The average Bonchev–Trinajstić information content (AvgIpc) is 2.73. The molecule has 0 heterocycles. The summed E-state index contributed by atoms with van der Waals surface area (Å²) in [5.74, 6) is -0.615. The fourth-order valence-electron chi connectivity index (χ4n) is 3.03. The van der Waals surface area contributed by atoms with Crippen LogP contribution in [0.5, 0.6) is 0 Å². The van der Waals surface area contributed by atoms with Crippen LogP contribution in [0.1, 0.15) is 25.8 Å². The predicted octanol–water partition coefficient (Wildman–Crippen LogP) is 3.41. The number of para-hydroxylation sites is 1. The lowest BCUT2D eigenvalue weighted by Crippen LogP contribution is -2.45. The lowest BCUT2D eigenvalue weighted by molar-refractivity contribution is -0.139. The van der Waals surface area contributed by atoms with E-state index in [1.165, 1.54) is 13.0 Å². The van der Waals surface area contributed by atoms with Crippen molar-refractivity contribution in [3.63, 3.8) is 0 Å². The lowest BCUT2D eigenvalue weighted by Gasteiger charge is -2.23. The molecule has 2 aromatic rings. The van der Waals surface area contributed by atoms with Gasteiger partial charge in [0.25, 0.3) is 0 Å². The third kappa shape index (κ3) is 6.96. The molecular weight excluding hydrogens is 431 g/mol. The first-order chi connectivity index (χ1) is 14.6. The predicted molar refractivity (Wildman–Crippen MR) is 113 cm³/mol. The maximum Gasteiger partial charge on any atom is 0.417 e. The molecule has 2 rings (SSSR count). The van der Waals surface area contributed by atoms with E-state index in [9.17, 15) is 26.4 Å². The molecule has 0 spiro atoms. The van der Waals surface area contributed by atoms with Gasteiger partial charge in [0.1, 0.15) is 0 Å². The highest BCUT2D eigenvalue weighted by molar-refractivity contribution is 7.89. The molecule has 0 radical (unpaired) electrons. The Morgan fingerprint density at radius 3 is 2.29 bits per heavy atom. The van der Waals surface area contributed by atoms with Crippen LogP contribution in [0.3, 0.4) is 0 Å². The van der Waals surface area contributed by atoms with E-state index >= 15 is 0 Å². The van der Waals surface area contributed by atoms with Gasteiger partial charge in [-0.2, -0.15) is 17.9 Å². The molecule has 0 saturated heterocycles. The third-order valence-electron chi connectivity index (χ3n) is 4.61. The van der Waals surface area contributed by atoms with Crippen LogP contribution in [-0.4, -0.2) is 40.0 Å². The SMILES string of the molecule is CCN(CCCNC(=O)C(C)NS(=O)(=O)c1ccccc1C(F)(F)F)c1ccccc1. The second kappa shape index (κ2) is 10.6. The number of hydrogen-bond donors (Lipinski definition) is 2. The number of hydrogen-bond acceptors (Lipinski definition) is 4. The summed E-state index contributed by atoms with van der Waals surface area (Å²) in [5, 5.41) is 2.62. The van der Waals surface area contributed by atoms with Crippen molar-refractivity contribution in [1.29, 1.82) is 0 Å². The molecule has 0 fully saturated rings. The molecule has 1 amide bonds. The number of nitrogens with one attached hydrogen (secondary N) is 2. The number of amides is 1. The van der Waals surface area contributed by atoms with E-state index in [1.54, 1.807) is 0 Å². The Hall–Kier alpha value is -2.59. The van der Waals surface area contributed by atoms with Gasteiger partial charge in [-0.3, -0.25) is 4.79 Å². The summed E-state index contributed by atoms with van der Waals surface area (Å²) in [7, 11) is -4.54. The second-order valence-corrected chi connectivity index (χ2v) is 8.58. The monoisotopic (exact) mass is 457 g/mol. The minimum absolute atomic E-state index is 0.299. The van der Waals surface area contributed by atoms with E-state index < -0.39 is 38.6 Å². The summed E-state index contributed by atoms with van der Waals surface area (Å²) in [6, 6.07) is 12.4. The number of carbonyl (C=O) groups is 1. The molecule has 0 saturated carbocycles. The second-order valence-electron chi connectivity index (χ2n) is 6.90. The number of alkyl halides is 3. The maximum absolute atomic E-state index is 13.1. The van der Waals surface area contributed by atoms with Crippen LogP contribution in [-0.2, 0) is 21.0 Å². The largest absolute Gasteiger partial charge is 0.417 e. The Morgan fingerprint density at radius 1 is 1.06 bits per heavy atom. The number of nitrogens with zero attached hydrogens (tertiary/aromatic N) is 1. The Morgan fingerprint density at radius 2 is 1.68 bits per heavy atom. The molecule has 2 N–H and O–H groups in total. The van der Waals surface area contributed by atoms with Crippen molar-refractivity contribution in [2.45, 2.75) is 37.4 Å². The van der Waals surface area contributed by atoms with Gasteiger partial charge < -0.3 is 10.2 Å². The summed E-state index contributed by atoms with van der Waals surface area (Å²) in [6.45, 7) is 5.06. The fraction of sp³-hybridized carbons (Fsp3) is 0.381. The number of sulfonamides is 1. The lowest BCUT2D eigenvalue weighted by atomic mass is 10.2. The molecule has 0 aliphatic heterocycles. The first kappa shape index (κ1) is 24.7. The van der Waals surface area contributed by atoms with E-state index in [1.807, 2.05) is 42.0 Å². The Balaban J connectivity index is 1.91. The molecule has 0 aliphatic carbocycles. The quantitative estimate of drug-likeness (QED) is 0.536. The van der Waals surface area contributed by atoms with E-state index in [0.717, 1.165) is 24.4 Å². The fourth-order valence-corrected chi connectivity index (χ4v) is 4.46. The van der Waals surface area contributed by atoms with Gasteiger partial charge in [-0.05, 0) is 44.5 Å². The summed E-state index contributed by atoms with van der Waals surface area (Å²) in [5.41, 5.74) is -0.225. The van der Waals surface area contributed by atoms with E-state index in [2.05, 4.69) is 10.2 Å². The van der Waals surface area contributed by atoms with E-state index in [4.69, 9.17) is 0 Å².